The van der Waals surface area contributed by atoms with Gasteiger partial charge >= 0.3 is 0 Å². The zero-order valence-corrected chi connectivity index (χ0v) is 15.2. The Labute approximate surface area is 151 Å². The van der Waals surface area contributed by atoms with Crippen molar-refractivity contribution in [1.82, 2.24) is 4.90 Å². The molecule has 4 rings (SSSR count). The maximum Gasteiger partial charge on any atom is 0.255 e. The maximum atomic E-state index is 13.1. The number of fused-ring (bicyclic) bond motifs is 1. The van der Waals surface area contributed by atoms with Crippen molar-refractivity contribution in [2.45, 2.75) is 38.0 Å². The summed E-state index contributed by atoms with van der Waals surface area (Å²) in [6.07, 6.45) is 3.60. The number of carbonyl (C=O) groups excluding carboxylic acids is 1. The monoisotopic (exact) mass is 354 g/mol. The Balaban J connectivity index is 1.58. The Kier molecular flexibility index (Phi) is 4.12. The molecule has 5 heteroatoms. The van der Waals surface area contributed by atoms with Gasteiger partial charge in [0.15, 0.2) is 0 Å². The number of hydrogen-bond acceptors (Lipinski definition) is 4. The van der Waals surface area contributed by atoms with E-state index >= 15 is 0 Å². The molecule has 1 atom stereocenters. The van der Waals surface area contributed by atoms with Gasteiger partial charge < -0.3 is 10.1 Å². The van der Waals surface area contributed by atoms with E-state index in [9.17, 15) is 10.0 Å². The standard InChI is InChI=1S/C20H22N2O2S/c1-20(14-6-3-2-4-7-14)10-11-22(13-20)19(23)16-12-25-18-15(16)8-5-9-17(18)21-24/h2-4,6-7,12,24H,5,8-11,13H2,1H3/b21-17-. The van der Waals surface area contributed by atoms with Crippen molar-refractivity contribution >= 4 is 23.0 Å². The minimum atomic E-state index is 0.0186. The molecule has 0 spiro atoms. The van der Waals surface area contributed by atoms with E-state index in [4.69, 9.17) is 0 Å². The second-order valence-electron chi connectivity index (χ2n) is 7.26. The van der Waals surface area contributed by atoms with E-state index in [-0.39, 0.29) is 11.3 Å². The van der Waals surface area contributed by atoms with Crippen LogP contribution >= 0.6 is 11.3 Å². The number of oxime groups is 1. The lowest BCUT2D eigenvalue weighted by atomic mass is 9.82. The molecular formula is C20H22N2O2S. The Morgan fingerprint density at radius 2 is 2.08 bits per heavy atom. The topological polar surface area (TPSA) is 52.9 Å². The molecule has 1 N–H and O–H groups in total. The van der Waals surface area contributed by atoms with E-state index in [2.05, 4.69) is 36.3 Å². The molecule has 1 amide bonds. The summed E-state index contributed by atoms with van der Waals surface area (Å²) < 4.78 is 0. The summed E-state index contributed by atoms with van der Waals surface area (Å²) in [6.45, 7) is 3.78. The smallest absolute Gasteiger partial charge is 0.255 e. The molecule has 2 heterocycles. The highest BCUT2D eigenvalue weighted by atomic mass is 32.1. The first-order chi connectivity index (χ1) is 12.1. The molecule has 1 aliphatic carbocycles. The second-order valence-corrected chi connectivity index (χ2v) is 8.14. The number of hydrogen-bond donors (Lipinski definition) is 1. The molecule has 1 fully saturated rings. The van der Waals surface area contributed by atoms with Crippen molar-refractivity contribution in [1.29, 1.82) is 0 Å². The van der Waals surface area contributed by atoms with Crippen LogP contribution in [-0.4, -0.2) is 34.8 Å². The first kappa shape index (κ1) is 16.3. The quantitative estimate of drug-likeness (QED) is 0.653. The largest absolute Gasteiger partial charge is 0.411 e. The van der Waals surface area contributed by atoms with Crippen LogP contribution in [0.25, 0.3) is 0 Å². The van der Waals surface area contributed by atoms with Crippen LogP contribution in [0.3, 0.4) is 0 Å². The summed E-state index contributed by atoms with van der Waals surface area (Å²) in [5.41, 5.74) is 3.92. The minimum Gasteiger partial charge on any atom is -0.411 e. The zero-order valence-electron chi connectivity index (χ0n) is 14.4. The van der Waals surface area contributed by atoms with Gasteiger partial charge in [0.1, 0.15) is 0 Å². The van der Waals surface area contributed by atoms with Crippen LogP contribution < -0.4 is 0 Å². The van der Waals surface area contributed by atoms with Crippen LogP contribution in [0.5, 0.6) is 0 Å². The number of amides is 1. The molecule has 130 valence electrons. The fraction of sp³-hybridized carbons (Fsp3) is 0.400. The van der Waals surface area contributed by atoms with Gasteiger partial charge in [-0.25, -0.2) is 0 Å². The highest BCUT2D eigenvalue weighted by molar-refractivity contribution is 7.12. The molecular weight excluding hydrogens is 332 g/mol. The fourth-order valence-electron chi connectivity index (χ4n) is 4.07. The van der Waals surface area contributed by atoms with Crippen molar-refractivity contribution in [2.24, 2.45) is 5.16 Å². The molecule has 2 aliphatic rings. The lowest BCUT2D eigenvalue weighted by Gasteiger charge is -2.25. The first-order valence-corrected chi connectivity index (χ1v) is 9.67. The lowest BCUT2D eigenvalue weighted by Crippen LogP contribution is -2.33. The number of thiophene rings is 1. The molecule has 1 aromatic carbocycles. The summed E-state index contributed by atoms with van der Waals surface area (Å²) >= 11 is 1.53. The van der Waals surface area contributed by atoms with Gasteiger partial charge in [-0.1, -0.05) is 42.4 Å². The molecule has 1 saturated heterocycles. The number of carbonyl (C=O) groups is 1. The Morgan fingerprint density at radius 3 is 2.84 bits per heavy atom. The number of nitrogens with zero attached hydrogens (tertiary/aromatic N) is 2. The van der Waals surface area contributed by atoms with E-state index in [0.717, 1.165) is 60.5 Å². The molecule has 1 unspecified atom stereocenters. The molecule has 25 heavy (non-hydrogen) atoms. The normalized spacial score (nSPS) is 24.5. The molecule has 0 bridgehead atoms. The van der Waals surface area contributed by atoms with E-state index in [0.29, 0.717) is 0 Å². The summed E-state index contributed by atoms with van der Waals surface area (Å²) in [5.74, 6) is 0.122. The van der Waals surface area contributed by atoms with E-state index in [1.54, 1.807) is 0 Å². The van der Waals surface area contributed by atoms with Gasteiger partial charge in [-0.05, 0) is 36.8 Å². The highest BCUT2D eigenvalue weighted by Gasteiger charge is 2.38. The van der Waals surface area contributed by atoms with E-state index in [1.807, 2.05) is 16.3 Å². The predicted molar refractivity (Wildman–Crippen MR) is 99.9 cm³/mol. The van der Waals surface area contributed by atoms with Crippen LogP contribution in [0.4, 0.5) is 0 Å². The predicted octanol–water partition coefficient (Wildman–Crippen LogP) is 4.07. The third-order valence-corrected chi connectivity index (χ3v) is 6.65. The second kappa shape index (κ2) is 6.30. The van der Waals surface area contributed by atoms with Crippen LogP contribution in [0.1, 0.15) is 52.5 Å². The fourth-order valence-corrected chi connectivity index (χ4v) is 5.19. The van der Waals surface area contributed by atoms with Crippen molar-refractivity contribution in [2.75, 3.05) is 13.1 Å². The summed E-state index contributed by atoms with van der Waals surface area (Å²) in [4.78, 5) is 16.1. The molecule has 1 aliphatic heterocycles. The summed E-state index contributed by atoms with van der Waals surface area (Å²) in [7, 11) is 0. The molecule has 0 radical (unpaired) electrons. The van der Waals surface area contributed by atoms with Crippen molar-refractivity contribution in [3.8, 4) is 0 Å². The highest BCUT2D eigenvalue weighted by Crippen LogP contribution is 2.37. The van der Waals surface area contributed by atoms with Gasteiger partial charge in [-0.15, -0.1) is 11.3 Å². The first-order valence-electron chi connectivity index (χ1n) is 8.79. The molecule has 1 aromatic heterocycles. The van der Waals surface area contributed by atoms with Gasteiger partial charge in [-0.3, -0.25) is 4.79 Å². The van der Waals surface area contributed by atoms with Crippen LogP contribution in [0, 0.1) is 0 Å². The average Bonchev–Trinajstić information content (AvgIpc) is 3.26. The van der Waals surface area contributed by atoms with Gasteiger partial charge in [0.05, 0.1) is 16.2 Å². The third kappa shape index (κ3) is 2.76. The van der Waals surface area contributed by atoms with Crippen molar-refractivity contribution < 1.29 is 10.0 Å². The van der Waals surface area contributed by atoms with Gasteiger partial charge in [0.25, 0.3) is 5.91 Å². The average molecular weight is 354 g/mol. The Hall–Kier alpha value is -2.14. The van der Waals surface area contributed by atoms with Gasteiger partial charge in [0.2, 0.25) is 0 Å². The van der Waals surface area contributed by atoms with Gasteiger partial charge in [-0.2, -0.15) is 0 Å². The lowest BCUT2D eigenvalue weighted by molar-refractivity contribution is 0.0784. The molecule has 4 nitrogen and oxygen atoms in total. The maximum absolute atomic E-state index is 13.1. The van der Waals surface area contributed by atoms with Crippen molar-refractivity contribution in [3.63, 3.8) is 0 Å². The zero-order chi connectivity index (χ0) is 17.4. The van der Waals surface area contributed by atoms with Crippen LogP contribution in [0.15, 0.2) is 40.9 Å². The molecule has 0 saturated carbocycles. The summed E-state index contributed by atoms with van der Waals surface area (Å²) in [5, 5.41) is 14.6. The number of benzene rings is 1. The Bertz CT molecular complexity index is 827. The Morgan fingerprint density at radius 1 is 1.28 bits per heavy atom. The van der Waals surface area contributed by atoms with E-state index in [1.165, 1.54) is 16.9 Å². The van der Waals surface area contributed by atoms with Crippen molar-refractivity contribution in [3.05, 3.63) is 57.3 Å². The van der Waals surface area contributed by atoms with Gasteiger partial charge in [0, 0.05) is 23.9 Å². The third-order valence-electron chi connectivity index (χ3n) is 5.58. The van der Waals surface area contributed by atoms with Crippen LogP contribution in [-0.2, 0) is 11.8 Å². The summed E-state index contributed by atoms with van der Waals surface area (Å²) in [6, 6.07) is 10.5. The SMILES string of the molecule is CC1(c2ccccc2)CCN(C(=O)c2csc3c2CCC/C3=N/O)C1. The number of likely N-dealkylation sites (tertiary alicyclic amines) is 1. The van der Waals surface area contributed by atoms with E-state index < -0.39 is 0 Å². The molecule has 2 aromatic rings. The van der Waals surface area contributed by atoms with Crippen LogP contribution in [0.2, 0.25) is 0 Å². The number of rotatable bonds is 2. The minimum absolute atomic E-state index is 0.0186.